The van der Waals surface area contributed by atoms with E-state index in [-0.39, 0.29) is 31.6 Å². The van der Waals surface area contributed by atoms with E-state index in [0.717, 1.165) is 56.6 Å². The van der Waals surface area contributed by atoms with Crippen molar-refractivity contribution in [1.29, 1.82) is 0 Å². The van der Waals surface area contributed by atoms with Crippen LogP contribution in [0.5, 0.6) is 0 Å². The molecule has 4 rings (SSSR count). The number of likely N-dealkylation sites (tertiary alicyclic amines) is 1. The Hall–Kier alpha value is -3.17. The molecule has 3 saturated heterocycles. The van der Waals surface area contributed by atoms with Gasteiger partial charge in [0.2, 0.25) is 5.91 Å². The number of unbranched alkanes of at least 4 members (excludes halogenated alkanes) is 5. The van der Waals surface area contributed by atoms with Gasteiger partial charge in [-0.1, -0.05) is 25.0 Å². The topological polar surface area (TPSA) is 99.6 Å². The van der Waals surface area contributed by atoms with Gasteiger partial charge in [0.15, 0.2) is 0 Å². The molecular weight excluding hydrogens is 570 g/mol. The fourth-order valence-electron chi connectivity index (χ4n) is 7.74. The third-order valence-corrected chi connectivity index (χ3v) is 9.99. The van der Waals surface area contributed by atoms with Crippen molar-refractivity contribution >= 4 is 29.2 Å². The summed E-state index contributed by atoms with van der Waals surface area (Å²) in [6.07, 6.45) is 10.1. The maximum Gasteiger partial charge on any atom is 0.312 e. The summed E-state index contributed by atoms with van der Waals surface area (Å²) >= 11 is 0. The first-order valence-corrected chi connectivity index (χ1v) is 16.9. The van der Waals surface area contributed by atoms with Gasteiger partial charge in [-0.05, 0) is 90.0 Å². The highest BCUT2D eigenvalue weighted by atomic mass is 16.6. The standard InChI is InChI=1S/C36H53N3O6/c1-6-10-11-16-26-44-34(43)30-29-32(41)39(24-14-12-13-15-25-40)31(36(29)22-21-35(30,5)45-36)33(42)38(23-7-2)28-19-17-27(18-20-28)37(8-3)9-4/h6-7,17-20,29-31,40H,1-2,8-16,21-26H2,3-5H3/t29-,30+,31?,35-,36?/m0/s1. The van der Waals surface area contributed by atoms with Gasteiger partial charge in [0.1, 0.15) is 17.6 Å². The summed E-state index contributed by atoms with van der Waals surface area (Å²) < 4.78 is 12.5. The number of allylic oxidation sites excluding steroid dienone is 1. The van der Waals surface area contributed by atoms with Crippen LogP contribution in [0.25, 0.3) is 0 Å². The number of rotatable bonds is 19. The van der Waals surface area contributed by atoms with Gasteiger partial charge in [-0.3, -0.25) is 14.4 Å². The van der Waals surface area contributed by atoms with E-state index in [9.17, 15) is 19.5 Å². The van der Waals surface area contributed by atoms with Crippen molar-refractivity contribution in [2.75, 3.05) is 49.2 Å². The molecule has 248 valence electrons. The lowest BCUT2D eigenvalue weighted by Gasteiger charge is -2.37. The minimum atomic E-state index is -1.11. The normalized spacial score (nSPS) is 26.5. The van der Waals surface area contributed by atoms with Gasteiger partial charge in [0, 0.05) is 44.2 Å². The second-order valence-electron chi connectivity index (χ2n) is 12.8. The third kappa shape index (κ3) is 6.85. The number of ether oxygens (including phenoxy) is 2. The van der Waals surface area contributed by atoms with E-state index in [1.807, 2.05) is 37.3 Å². The van der Waals surface area contributed by atoms with Crippen LogP contribution in [0.15, 0.2) is 49.6 Å². The average Bonchev–Trinajstić information content (AvgIpc) is 3.60. The van der Waals surface area contributed by atoms with E-state index in [1.54, 1.807) is 15.9 Å². The number of amides is 2. The first-order valence-electron chi connectivity index (χ1n) is 16.9. The van der Waals surface area contributed by atoms with Crippen LogP contribution >= 0.6 is 0 Å². The van der Waals surface area contributed by atoms with Crippen molar-refractivity contribution in [2.24, 2.45) is 11.8 Å². The van der Waals surface area contributed by atoms with Gasteiger partial charge in [0.25, 0.3) is 5.91 Å². The van der Waals surface area contributed by atoms with Crippen LogP contribution in [0.1, 0.15) is 78.6 Å². The SMILES string of the molecule is C=CCCCCOC(=O)[C@H]1[C@H]2C(=O)N(CCCCCCO)C(C(=O)N(CC=C)c3ccc(N(CC)CC)cc3)C23CC[C@]1(C)O3. The van der Waals surface area contributed by atoms with Crippen LogP contribution in [0.4, 0.5) is 11.4 Å². The van der Waals surface area contributed by atoms with Crippen LogP contribution in [0.2, 0.25) is 0 Å². The van der Waals surface area contributed by atoms with E-state index >= 15 is 0 Å². The van der Waals surface area contributed by atoms with Crippen molar-refractivity contribution in [3.8, 4) is 0 Å². The Morgan fingerprint density at radius 1 is 1.02 bits per heavy atom. The highest BCUT2D eigenvalue weighted by molar-refractivity contribution is 6.05. The van der Waals surface area contributed by atoms with Gasteiger partial charge in [-0.25, -0.2) is 0 Å². The number of esters is 1. The summed E-state index contributed by atoms with van der Waals surface area (Å²) in [6.45, 7) is 16.6. The molecule has 2 bridgehead atoms. The molecule has 0 aromatic heterocycles. The zero-order valence-corrected chi connectivity index (χ0v) is 27.5. The molecule has 3 heterocycles. The van der Waals surface area contributed by atoms with Crippen LogP contribution in [-0.4, -0.2) is 84.4 Å². The number of aliphatic hydroxyl groups is 1. The fraction of sp³-hybridized carbons (Fsp3) is 0.639. The molecule has 1 spiro atoms. The Labute approximate surface area is 269 Å². The molecule has 3 fully saturated rings. The maximum atomic E-state index is 14.8. The van der Waals surface area contributed by atoms with Gasteiger partial charge in [-0.15, -0.1) is 13.2 Å². The number of nitrogens with zero attached hydrogens (tertiary/aromatic N) is 3. The minimum Gasteiger partial charge on any atom is -0.465 e. The van der Waals surface area contributed by atoms with E-state index in [0.29, 0.717) is 32.2 Å². The fourth-order valence-corrected chi connectivity index (χ4v) is 7.74. The molecule has 5 atom stereocenters. The quantitative estimate of drug-likeness (QED) is 0.127. The Kier molecular flexibility index (Phi) is 11.9. The molecule has 1 aromatic carbocycles. The smallest absolute Gasteiger partial charge is 0.312 e. The maximum absolute atomic E-state index is 14.8. The number of carbonyl (C=O) groups is 3. The number of aliphatic hydroxyl groups excluding tert-OH is 1. The van der Waals surface area contributed by atoms with Crippen LogP contribution in [0.3, 0.4) is 0 Å². The van der Waals surface area contributed by atoms with E-state index in [1.165, 1.54) is 0 Å². The summed E-state index contributed by atoms with van der Waals surface area (Å²) in [5.74, 6) is -2.39. The van der Waals surface area contributed by atoms with Crippen LogP contribution in [0, 0.1) is 11.8 Å². The summed E-state index contributed by atoms with van der Waals surface area (Å²) in [5.41, 5.74) is -0.189. The first kappa shape index (κ1) is 34.7. The zero-order valence-electron chi connectivity index (χ0n) is 27.5. The number of fused-ring (bicyclic) bond motifs is 1. The van der Waals surface area contributed by atoms with Gasteiger partial charge in [0.05, 0.1) is 18.1 Å². The Bertz CT molecular complexity index is 1200. The monoisotopic (exact) mass is 623 g/mol. The lowest BCUT2D eigenvalue weighted by atomic mass is 9.66. The van der Waals surface area contributed by atoms with Crippen molar-refractivity contribution < 1.29 is 29.0 Å². The van der Waals surface area contributed by atoms with E-state index in [2.05, 4.69) is 31.9 Å². The molecule has 9 nitrogen and oxygen atoms in total. The van der Waals surface area contributed by atoms with Crippen LogP contribution < -0.4 is 9.80 Å². The molecule has 9 heteroatoms. The largest absolute Gasteiger partial charge is 0.465 e. The molecule has 2 unspecified atom stereocenters. The van der Waals surface area contributed by atoms with Crippen molar-refractivity contribution in [3.05, 3.63) is 49.6 Å². The minimum absolute atomic E-state index is 0.127. The average molecular weight is 624 g/mol. The van der Waals surface area contributed by atoms with Gasteiger partial charge >= 0.3 is 5.97 Å². The molecule has 1 N–H and O–H groups in total. The molecule has 45 heavy (non-hydrogen) atoms. The van der Waals surface area contributed by atoms with Gasteiger partial charge < -0.3 is 29.3 Å². The molecule has 3 aliphatic rings. The Morgan fingerprint density at radius 3 is 2.36 bits per heavy atom. The summed E-state index contributed by atoms with van der Waals surface area (Å²) in [6, 6.07) is 7.06. The first-order chi connectivity index (χ1) is 21.7. The predicted octanol–water partition coefficient (Wildman–Crippen LogP) is 5.27. The molecule has 2 amide bonds. The summed E-state index contributed by atoms with van der Waals surface area (Å²) in [7, 11) is 0. The number of benzene rings is 1. The molecule has 0 radical (unpaired) electrons. The van der Waals surface area contributed by atoms with Crippen molar-refractivity contribution in [1.82, 2.24) is 4.90 Å². The summed E-state index contributed by atoms with van der Waals surface area (Å²) in [4.78, 5) is 48.4. The lowest BCUT2D eigenvalue weighted by Crippen LogP contribution is -2.56. The molecule has 0 saturated carbocycles. The zero-order chi connectivity index (χ0) is 32.6. The second-order valence-corrected chi connectivity index (χ2v) is 12.8. The van der Waals surface area contributed by atoms with Gasteiger partial charge in [-0.2, -0.15) is 0 Å². The van der Waals surface area contributed by atoms with E-state index in [4.69, 9.17) is 9.47 Å². The highest BCUT2D eigenvalue weighted by Crippen LogP contribution is 2.63. The molecule has 0 aliphatic carbocycles. The summed E-state index contributed by atoms with van der Waals surface area (Å²) in [5, 5.41) is 9.23. The third-order valence-electron chi connectivity index (χ3n) is 9.99. The number of anilines is 2. The predicted molar refractivity (Wildman–Crippen MR) is 177 cm³/mol. The molecule has 3 aliphatic heterocycles. The molecule has 1 aromatic rings. The van der Waals surface area contributed by atoms with Crippen molar-refractivity contribution in [2.45, 2.75) is 95.8 Å². The van der Waals surface area contributed by atoms with Crippen molar-refractivity contribution in [3.63, 3.8) is 0 Å². The second kappa shape index (κ2) is 15.4. The lowest BCUT2D eigenvalue weighted by molar-refractivity contribution is -0.159. The number of hydrogen-bond acceptors (Lipinski definition) is 7. The highest BCUT2D eigenvalue weighted by Gasteiger charge is 2.78. The Morgan fingerprint density at radius 2 is 1.71 bits per heavy atom. The van der Waals surface area contributed by atoms with Crippen LogP contribution in [-0.2, 0) is 23.9 Å². The van der Waals surface area contributed by atoms with E-state index < -0.39 is 35.0 Å². The Balaban J connectivity index is 1.66. The number of carbonyl (C=O) groups excluding carboxylic acids is 3. The number of hydrogen-bond donors (Lipinski definition) is 1. The molecular formula is C36H53N3O6.